The zero-order chi connectivity index (χ0) is 19.9. The van der Waals surface area contributed by atoms with Crippen molar-refractivity contribution in [3.63, 3.8) is 0 Å². The van der Waals surface area contributed by atoms with Gasteiger partial charge in [-0.2, -0.15) is 0 Å². The number of halogens is 1. The fourth-order valence-corrected chi connectivity index (χ4v) is 4.11. The van der Waals surface area contributed by atoms with E-state index in [4.69, 9.17) is 22.3 Å². The first-order valence-electron chi connectivity index (χ1n) is 9.56. The molecule has 1 unspecified atom stereocenters. The number of carbonyl (C=O) groups is 1. The highest BCUT2D eigenvalue weighted by Gasteiger charge is 2.36. The highest BCUT2D eigenvalue weighted by molar-refractivity contribution is 6.33. The minimum atomic E-state index is -0.109. The van der Waals surface area contributed by atoms with Crippen LogP contribution in [0.4, 0.5) is 0 Å². The van der Waals surface area contributed by atoms with E-state index < -0.39 is 0 Å². The SMILES string of the molecule is CC1(C)CN(C(=O)c2cc(-c3ccccc3Cl)nc3ccccc23)CCC1N. The Bertz CT molecular complexity index is 1050. The van der Waals surface area contributed by atoms with Gasteiger partial charge in [-0.3, -0.25) is 4.79 Å². The maximum Gasteiger partial charge on any atom is 0.254 e. The first kappa shape index (κ1) is 18.9. The summed E-state index contributed by atoms with van der Waals surface area (Å²) in [6.07, 6.45) is 0.805. The van der Waals surface area contributed by atoms with Crippen LogP contribution in [0.2, 0.25) is 5.02 Å². The average molecular weight is 394 g/mol. The van der Waals surface area contributed by atoms with Gasteiger partial charge in [-0.05, 0) is 30.0 Å². The van der Waals surface area contributed by atoms with Crippen molar-refractivity contribution < 1.29 is 4.79 Å². The van der Waals surface area contributed by atoms with E-state index in [1.54, 1.807) is 0 Å². The number of benzene rings is 2. The normalized spacial score (nSPS) is 19.0. The first-order valence-corrected chi connectivity index (χ1v) is 9.94. The van der Waals surface area contributed by atoms with Gasteiger partial charge in [0.15, 0.2) is 0 Å². The van der Waals surface area contributed by atoms with Crippen molar-refractivity contribution in [1.82, 2.24) is 9.88 Å². The number of pyridine rings is 1. The number of para-hydroxylation sites is 1. The molecule has 0 saturated carbocycles. The lowest BCUT2D eigenvalue weighted by molar-refractivity contribution is 0.0535. The van der Waals surface area contributed by atoms with E-state index in [-0.39, 0.29) is 17.4 Å². The quantitative estimate of drug-likeness (QED) is 0.683. The highest BCUT2D eigenvalue weighted by Crippen LogP contribution is 2.32. The Kier molecular flexibility index (Phi) is 4.86. The smallest absolute Gasteiger partial charge is 0.254 e. The fourth-order valence-electron chi connectivity index (χ4n) is 3.88. The Morgan fingerprint density at radius 3 is 2.64 bits per heavy atom. The average Bonchev–Trinajstić information content (AvgIpc) is 2.69. The van der Waals surface area contributed by atoms with E-state index in [1.165, 1.54) is 0 Å². The summed E-state index contributed by atoms with van der Waals surface area (Å²) in [5.74, 6) is 0.0203. The number of piperidine rings is 1. The van der Waals surface area contributed by atoms with Crippen molar-refractivity contribution in [3.8, 4) is 11.3 Å². The Hall–Kier alpha value is -2.43. The highest BCUT2D eigenvalue weighted by atomic mass is 35.5. The largest absolute Gasteiger partial charge is 0.338 e. The summed E-state index contributed by atoms with van der Waals surface area (Å²) < 4.78 is 0. The summed E-state index contributed by atoms with van der Waals surface area (Å²) in [4.78, 5) is 20.2. The minimum Gasteiger partial charge on any atom is -0.338 e. The van der Waals surface area contributed by atoms with Gasteiger partial charge >= 0.3 is 0 Å². The molecule has 4 rings (SSSR count). The molecule has 1 fully saturated rings. The zero-order valence-corrected chi connectivity index (χ0v) is 16.9. The lowest BCUT2D eigenvalue weighted by Crippen LogP contribution is -2.54. The van der Waals surface area contributed by atoms with E-state index in [0.29, 0.717) is 29.4 Å². The standard InChI is InChI=1S/C23H24ClN3O/c1-23(2)14-27(12-11-21(23)25)22(28)17-13-20(16-8-3-5-9-18(16)24)26-19-10-6-4-7-15(17)19/h3-10,13,21H,11-12,14,25H2,1-2H3. The van der Waals surface area contributed by atoms with Crippen molar-refractivity contribution in [1.29, 1.82) is 0 Å². The van der Waals surface area contributed by atoms with Gasteiger partial charge < -0.3 is 10.6 Å². The predicted octanol–water partition coefficient (Wildman–Crippen LogP) is 4.75. The third-order valence-corrected chi connectivity index (χ3v) is 6.03. The first-order chi connectivity index (χ1) is 13.4. The van der Waals surface area contributed by atoms with Gasteiger partial charge in [-0.1, -0.05) is 61.8 Å². The van der Waals surface area contributed by atoms with Crippen LogP contribution in [0.1, 0.15) is 30.6 Å². The van der Waals surface area contributed by atoms with Crippen LogP contribution in [0.25, 0.3) is 22.2 Å². The van der Waals surface area contributed by atoms with Gasteiger partial charge in [0.1, 0.15) is 0 Å². The summed E-state index contributed by atoms with van der Waals surface area (Å²) in [6.45, 7) is 5.56. The maximum atomic E-state index is 13.5. The van der Waals surface area contributed by atoms with Crippen LogP contribution < -0.4 is 5.73 Å². The van der Waals surface area contributed by atoms with Crippen LogP contribution in [-0.2, 0) is 0 Å². The van der Waals surface area contributed by atoms with Gasteiger partial charge in [-0.25, -0.2) is 4.98 Å². The molecule has 5 heteroatoms. The fraction of sp³-hybridized carbons (Fsp3) is 0.304. The van der Waals surface area contributed by atoms with E-state index in [1.807, 2.05) is 59.5 Å². The number of rotatable bonds is 2. The number of nitrogens with two attached hydrogens (primary N) is 1. The van der Waals surface area contributed by atoms with Crippen LogP contribution in [0.5, 0.6) is 0 Å². The summed E-state index contributed by atoms with van der Waals surface area (Å²) in [6, 6.07) is 17.3. The predicted molar refractivity (Wildman–Crippen MR) is 114 cm³/mol. The zero-order valence-electron chi connectivity index (χ0n) is 16.2. The molecule has 3 aromatic rings. The third kappa shape index (κ3) is 3.38. The molecule has 1 atom stereocenters. The lowest BCUT2D eigenvalue weighted by Gasteiger charge is -2.42. The van der Waals surface area contributed by atoms with Gasteiger partial charge in [0, 0.05) is 35.1 Å². The molecule has 1 aliphatic heterocycles. The molecule has 2 aromatic carbocycles. The second kappa shape index (κ2) is 7.19. The van der Waals surface area contributed by atoms with Crippen LogP contribution >= 0.6 is 11.6 Å². The monoisotopic (exact) mass is 393 g/mol. The summed E-state index contributed by atoms with van der Waals surface area (Å²) >= 11 is 6.39. The summed E-state index contributed by atoms with van der Waals surface area (Å²) in [5, 5.41) is 1.48. The molecule has 0 aliphatic carbocycles. The van der Waals surface area contributed by atoms with E-state index in [9.17, 15) is 4.79 Å². The molecular formula is C23H24ClN3O. The number of hydrogen-bond acceptors (Lipinski definition) is 3. The third-order valence-electron chi connectivity index (χ3n) is 5.70. The molecular weight excluding hydrogens is 370 g/mol. The number of likely N-dealkylation sites (tertiary alicyclic amines) is 1. The number of amides is 1. The van der Waals surface area contributed by atoms with Crippen LogP contribution in [0.3, 0.4) is 0 Å². The van der Waals surface area contributed by atoms with Crippen molar-refractivity contribution in [2.45, 2.75) is 26.3 Å². The molecule has 1 aliphatic rings. The Morgan fingerprint density at radius 1 is 1.18 bits per heavy atom. The molecule has 1 amide bonds. The van der Waals surface area contributed by atoms with Crippen molar-refractivity contribution in [3.05, 3.63) is 65.2 Å². The molecule has 0 radical (unpaired) electrons. The van der Waals surface area contributed by atoms with E-state index >= 15 is 0 Å². The molecule has 144 valence electrons. The summed E-state index contributed by atoms with van der Waals surface area (Å²) in [7, 11) is 0. The molecule has 0 spiro atoms. The van der Waals surface area contributed by atoms with Crippen molar-refractivity contribution in [2.75, 3.05) is 13.1 Å². The molecule has 4 nitrogen and oxygen atoms in total. The minimum absolute atomic E-state index is 0.0203. The molecule has 1 aromatic heterocycles. The van der Waals surface area contributed by atoms with E-state index in [2.05, 4.69) is 13.8 Å². The number of nitrogens with zero attached hydrogens (tertiary/aromatic N) is 2. The van der Waals surface area contributed by atoms with Gasteiger partial charge in [-0.15, -0.1) is 0 Å². The molecule has 0 bridgehead atoms. The number of hydrogen-bond donors (Lipinski definition) is 1. The summed E-state index contributed by atoms with van der Waals surface area (Å²) in [5.41, 5.74) is 9.13. The number of fused-ring (bicyclic) bond motifs is 1. The number of carbonyl (C=O) groups excluding carboxylic acids is 1. The lowest BCUT2D eigenvalue weighted by atomic mass is 9.79. The van der Waals surface area contributed by atoms with E-state index in [0.717, 1.165) is 22.9 Å². The molecule has 1 saturated heterocycles. The van der Waals surface area contributed by atoms with Crippen LogP contribution in [0.15, 0.2) is 54.6 Å². The van der Waals surface area contributed by atoms with Crippen LogP contribution in [-0.4, -0.2) is 34.9 Å². The Morgan fingerprint density at radius 2 is 1.89 bits per heavy atom. The van der Waals surface area contributed by atoms with Crippen molar-refractivity contribution >= 4 is 28.4 Å². The van der Waals surface area contributed by atoms with Crippen LogP contribution in [0, 0.1) is 5.41 Å². The second-order valence-electron chi connectivity index (χ2n) is 8.16. The topological polar surface area (TPSA) is 59.2 Å². The molecule has 2 N–H and O–H groups in total. The molecule has 28 heavy (non-hydrogen) atoms. The molecule has 2 heterocycles. The Balaban J connectivity index is 1.82. The van der Waals surface area contributed by atoms with Gasteiger partial charge in [0.2, 0.25) is 0 Å². The van der Waals surface area contributed by atoms with Crippen molar-refractivity contribution in [2.24, 2.45) is 11.1 Å². The maximum absolute atomic E-state index is 13.5. The Labute approximate surface area is 170 Å². The number of aromatic nitrogens is 1. The second-order valence-corrected chi connectivity index (χ2v) is 8.57. The van der Waals surface area contributed by atoms with Gasteiger partial charge in [0.05, 0.1) is 16.8 Å². The van der Waals surface area contributed by atoms with Gasteiger partial charge in [0.25, 0.3) is 5.91 Å².